The number of nitrogens with two attached hydrogens (primary N) is 1. The maximum absolute atomic E-state index is 13.6. The average Bonchev–Trinajstić information content (AvgIpc) is 3.36. The molecule has 3 aromatic rings. The van der Waals surface area contributed by atoms with Crippen molar-refractivity contribution >= 4 is 46.9 Å². The number of amides is 1. The minimum absolute atomic E-state index is 0.260. The Morgan fingerprint density at radius 1 is 1.12 bits per heavy atom. The zero-order chi connectivity index (χ0) is 22.1. The Bertz CT molecular complexity index is 1120. The van der Waals surface area contributed by atoms with Gasteiger partial charge in [-0.05, 0) is 22.7 Å². The van der Waals surface area contributed by atoms with Crippen molar-refractivity contribution in [3.63, 3.8) is 0 Å². The van der Waals surface area contributed by atoms with E-state index >= 15 is 0 Å². The molecule has 2 N–H and O–H groups in total. The van der Waals surface area contributed by atoms with Gasteiger partial charge in [-0.2, -0.15) is 0 Å². The standard InChI is InChI=1S/C22H18N4O3S3/c23-17-20(27)26-18(15(12-30-21(17)26)31-16-11-24-25-32-16)22(28)29-19(13-7-3-1-4-8-13)14-9-5-2-6-10-14/h1-11,17,19,21H,12,23H2/t17-,21+/m1/s1. The van der Waals surface area contributed by atoms with Gasteiger partial charge in [-0.3, -0.25) is 9.69 Å². The number of aromatic nitrogens is 2. The Labute approximate surface area is 197 Å². The third kappa shape index (κ3) is 3.95. The lowest BCUT2D eigenvalue weighted by atomic mass is 10.0. The number of benzene rings is 2. The molecule has 1 aromatic heterocycles. The highest BCUT2D eigenvalue weighted by molar-refractivity contribution is 8.07. The smallest absolute Gasteiger partial charge is 0.356 e. The quantitative estimate of drug-likeness (QED) is 0.422. The maximum Gasteiger partial charge on any atom is 0.356 e. The van der Waals surface area contributed by atoms with Crippen LogP contribution in [-0.2, 0) is 14.3 Å². The summed E-state index contributed by atoms with van der Waals surface area (Å²) in [7, 11) is 0. The number of esters is 1. The summed E-state index contributed by atoms with van der Waals surface area (Å²) in [6.07, 6.45) is 1.04. The molecule has 1 amide bonds. The van der Waals surface area contributed by atoms with E-state index in [2.05, 4.69) is 9.59 Å². The Morgan fingerprint density at radius 3 is 2.38 bits per heavy atom. The summed E-state index contributed by atoms with van der Waals surface area (Å²) in [6.45, 7) is 0. The average molecular weight is 483 g/mol. The van der Waals surface area contributed by atoms with Crippen LogP contribution in [0.3, 0.4) is 0 Å². The van der Waals surface area contributed by atoms with Gasteiger partial charge in [-0.15, -0.1) is 16.9 Å². The Hall–Kier alpha value is -2.66. The van der Waals surface area contributed by atoms with Gasteiger partial charge in [0.1, 0.15) is 21.3 Å². The summed E-state index contributed by atoms with van der Waals surface area (Å²) in [4.78, 5) is 28.4. The van der Waals surface area contributed by atoms with Crippen LogP contribution in [0.2, 0.25) is 0 Å². The largest absolute Gasteiger partial charge is 0.448 e. The normalized spacial score (nSPS) is 20.2. The molecule has 3 heterocycles. The Kier molecular flexibility index (Phi) is 6.01. The number of thioether (sulfide) groups is 2. The van der Waals surface area contributed by atoms with E-state index in [0.29, 0.717) is 5.75 Å². The number of hydrogen-bond acceptors (Lipinski definition) is 9. The van der Waals surface area contributed by atoms with E-state index < -0.39 is 18.1 Å². The van der Waals surface area contributed by atoms with Crippen LogP contribution >= 0.6 is 35.1 Å². The molecule has 0 radical (unpaired) electrons. The van der Waals surface area contributed by atoms with Gasteiger partial charge in [0.15, 0.2) is 6.10 Å². The second-order valence-corrected chi connectivity index (χ2v) is 10.4. The first-order valence-corrected chi connectivity index (χ1v) is 12.5. The highest BCUT2D eigenvalue weighted by atomic mass is 32.2. The summed E-state index contributed by atoms with van der Waals surface area (Å²) in [5, 5.41) is 3.60. The van der Waals surface area contributed by atoms with Crippen LogP contribution in [0.1, 0.15) is 17.2 Å². The zero-order valence-electron chi connectivity index (χ0n) is 16.7. The third-order valence-electron chi connectivity index (χ3n) is 5.16. The van der Waals surface area contributed by atoms with Crippen LogP contribution in [0, 0.1) is 0 Å². The number of fused-ring (bicyclic) bond motifs is 1. The lowest BCUT2D eigenvalue weighted by molar-refractivity contribution is -0.152. The topological polar surface area (TPSA) is 98.4 Å². The molecule has 2 aromatic carbocycles. The van der Waals surface area contributed by atoms with Crippen LogP contribution in [-0.4, -0.2) is 43.5 Å². The van der Waals surface area contributed by atoms with E-state index in [1.54, 1.807) is 18.0 Å². The molecule has 162 valence electrons. The molecule has 32 heavy (non-hydrogen) atoms. The van der Waals surface area contributed by atoms with E-state index in [1.165, 1.54) is 28.2 Å². The van der Waals surface area contributed by atoms with Gasteiger partial charge < -0.3 is 10.5 Å². The fourth-order valence-corrected chi connectivity index (χ4v) is 6.65. The van der Waals surface area contributed by atoms with Gasteiger partial charge in [0, 0.05) is 10.7 Å². The van der Waals surface area contributed by atoms with Gasteiger partial charge in [0.05, 0.1) is 6.20 Å². The molecule has 7 nitrogen and oxygen atoms in total. The van der Waals surface area contributed by atoms with Gasteiger partial charge in [0.25, 0.3) is 0 Å². The highest BCUT2D eigenvalue weighted by Gasteiger charge is 2.52. The highest BCUT2D eigenvalue weighted by Crippen LogP contribution is 2.45. The molecule has 5 rings (SSSR count). The summed E-state index contributed by atoms with van der Waals surface area (Å²) in [6, 6.07) is 18.5. The molecule has 1 saturated heterocycles. The molecule has 0 spiro atoms. The fraction of sp³-hybridized carbons (Fsp3) is 0.182. The summed E-state index contributed by atoms with van der Waals surface area (Å²) < 4.78 is 10.8. The first-order valence-electron chi connectivity index (χ1n) is 9.83. The maximum atomic E-state index is 13.6. The van der Waals surface area contributed by atoms with E-state index in [0.717, 1.165) is 20.2 Å². The van der Waals surface area contributed by atoms with Crippen LogP contribution in [0.25, 0.3) is 0 Å². The third-order valence-corrected chi connectivity index (χ3v) is 8.47. The first-order chi connectivity index (χ1) is 15.6. The number of carbonyl (C=O) groups excluding carboxylic acids is 2. The van der Waals surface area contributed by atoms with Crippen molar-refractivity contribution < 1.29 is 14.3 Å². The van der Waals surface area contributed by atoms with Crippen molar-refractivity contribution in [3.8, 4) is 0 Å². The van der Waals surface area contributed by atoms with Crippen molar-refractivity contribution in [1.82, 2.24) is 14.5 Å². The Morgan fingerprint density at radius 2 is 1.78 bits per heavy atom. The molecular formula is C22H18N4O3S3. The molecule has 10 heteroatoms. The van der Waals surface area contributed by atoms with Crippen molar-refractivity contribution in [2.24, 2.45) is 5.73 Å². The number of rotatable bonds is 6. The van der Waals surface area contributed by atoms with Crippen molar-refractivity contribution in [2.45, 2.75) is 21.7 Å². The predicted octanol–water partition coefficient (Wildman–Crippen LogP) is 3.42. The zero-order valence-corrected chi connectivity index (χ0v) is 19.1. The molecule has 0 saturated carbocycles. The van der Waals surface area contributed by atoms with Crippen LogP contribution < -0.4 is 5.73 Å². The monoisotopic (exact) mass is 482 g/mol. The molecule has 2 aliphatic heterocycles. The predicted molar refractivity (Wildman–Crippen MR) is 125 cm³/mol. The molecule has 0 unspecified atom stereocenters. The lowest BCUT2D eigenvalue weighted by Crippen LogP contribution is -2.68. The van der Waals surface area contributed by atoms with E-state index in [4.69, 9.17) is 10.5 Å². The van der Waals surface area contributed by atoms with Crippen molar-refractivity contribution in [3.05, 3.63) is 88.6 Å². The van der Waals surface area contributed by atoms with Gasteiger partial charge in [-0.25, -0.2) is 4.79 Å². The summed E-state index contributed by atoms with van der Waals surface area (Å²) >= 11 is 4.17. The molecule has 1 fully saturated rings. The van der Waals surface area contributed by atoms with Crippen molar-refractivity contribution in [1.29, 1.82) is 0 Å². The van der Waals surface area contributed by atoms with Crippen molar-refractivity contribution in [2.75, 3.05) is 5.75 Å². The van der Waals surface area contributed by atoms with Crippen LogP contribution in [0.15, 0.2) is 81.7 Å². The molecule has 0 aliphatic carbocycles. The minimum Gasteiger partial charge on any atom is -0.448 e. The van der Waals surface area contributed by atoms with Gasteiger partial charge in [0.2, 0.25) is 5.91 Å². The Balaban J connectivity index is 1.51. The SMILES string of the molecule is N[C@@H]1C(=O)N2C(C(=O)OC(c3ccccc3)c3ccccc3)=C(Sc3cnns3)CS[C@@H]12. The summed E-state index contributed by atoms with van der Waals surface area (Å²) in [5.74, 6) is -0.268. The number of β-lactam (4-membered cyclic amide) rings is 1. The van der Waals surface area contributed by atoms with E-state index in [-0.39, 0.29) is 17.0 Å². The number of hydrogen-bond donors (Lipinski definition) is 1. The van der Waals surface area contributed by atoms with Gasteiger partial charge >= 0.3 is 5.97 Å². The van der Waals surface area contributed by atoms with E-state index in [1.807, 2.05) is 60.7 Å². The minimum atomic E-state index is -0.613. The van der Waals surface area contributed by atoms with Crippen LogP contribution in [0.4, 0.5) is 0 Å². The van der Waals surface area contributed by atoms with E-state index in [9.17, 15) is 9.59 Å². The first kappa shape index (κ1) is 21.2. The summed E-state index contributed by atoms with van der Waals surface area (Å²) in [5.41, 5.74) is 7.95. The number of carbonyl (C=O) groups is 2. The van der Waals surface area contributed by atoms with Gasteiger partial charge in [-0.1, -0.05) is 76.9 Å². The number of ether oxygens (including phenoxy) is 1. The second kappa shape index (κ2) is 9.07. The molecule has 0 bridgehead atoms. The lowest BCUT2D eigenvalue weighted by Gasteiger charge is -2.48. The van der Waals surface area contributed by atoms with Crippen LogP contribution in [0.5, 0.6) is 0 Å². The molecule has 2 aliphatic rings. The second-order valence-electron chi connectivity index (χ2n) is 7.15. The molecular weight excluding hydrogens is 464 g/mol. The number of nitrogens with zero attached hydrogens (tertiary/aromatic N) is 3. The fourth-order valence-electron chi connectivity index (χ4n) is 3.63. The molecule has 2 atom stereocenters.